The average Bonchev–Trinajstić information content (AvgIpc) is 3.02. The second-order valence-corrected chi connectivity index (χ2v) is 10.8. The Morgan fingerprint density at radius 2 is 1.68 bits per heavy atom. The van der Waals surface area contributed by atoms with Gasteiger partial charge in [-0.2, -0.15) is 0 Å². The number of pyridine rings is 1. The zero-order chi connectivity index (χ0) is 28.6. The number of rotatable bonds is 11. The van der Waals surface area contributed by atoms with E-state index in [4.69, 9.17) is 18.9 Å². The minimum absolute atomic E-state index is 0.0333. The van der Waals surface area contributed by atoms with E-state index >= 15 is 0 Å². The molecule has 1 atom stereocenters. The van der Waals surface area contributed by atoms with E-state index in [0.717, 1.165) is 59.7 Å². The Morgan fingerprint density at radius 1 is 0.927 bits per heavy atom. The summed E-state index contributed by atoms with van der Waals surface area (Å²) in [6.07, 6.45) is 9.20. The summed E-state index contributed by atoms with van der Waals surface area (Å²) in [7, 11) is 5.01. The minimum Gasteiger partial charge on any atom is -0.496 e. The molecule has 3 aromatic rings. The number of ether oxygens (including phenoxy) is 4. The van der Waals surface area contributed by atoms with Gasteiger partial charge in [-0.3, -0.25) is 14.7 Å². The van der Waals surface area contributed by atoms with Gasteiger partial charge in [0, 0.05) is 29.9 Å². The van der Waals surface area contributed by atoms with Gasteiger partial charge in [-0.25, -0.2) is 0 Å². The molecule has 1 N–H and O–H groups in total. The average molecular weight is 560 g/mol. The number of aromatic nitrogens is 1. The molecule has 2 aliphatic rings. The number of carbonyl (C=O) groups is 1. The van der Waals surface area contributed by atoms with Gasteiger partial charge in [-0.15, -0.1) is 0 Å². The van der Waals surface area contributed by atoms with E-state index in [1.54, 1.807) is 27.5 Å². The number of fused-ring (bicyclic) bond motifs is 1. The first-order chi connectivity index (χ1) is 20.1. The predicted octanol–water partition coefficient (Wildman–Crippen LogP) is 5.28. The number of benzene rings is 2. The first-order valence-corrected chi connectivity index (χ1v) is 14.6. The monoisotopic (exact) mass is 559 g/mol. The lowest BCUT2D eigenvalue weighted by Gasteiger charge is -2.39. The van der Waals surface area contributed by atoms with Gasteiger partial charge in [0.2, 0.25) is 5.91 Å². The summed E-state index contributed by atoms with van der Waals surface area (Å²) < 4.78 is 23.6. The summed E-state index contributed by atoms with van der Waals surface area (Å²) in [6, 6.07) is 15.7. The second-order valence-electron chi connectivity index (χ2n) is 10.8. The molecule has 218 valence electrons. The van der Waals surface area contributed by atoms with Crippen LogP contribution < -0.4 is 24.3 Å². The van der Waals surface area contributed by atoms with Gasteiger partial charge < -0.3 is 24.3 Å². The lowest BCUT2D eigenvalue weighted by atomic mass is 9.87. The zero-order valence-corrected chi connectivity index (χ0v) is 24.4. The Bertz CT molecular complexity index is 1310. The smallest absolute Gasteiger partial charge is 0.234 e. The Balaban J connectivity index is 1.47. The molecular formula is C33H41N3O5. The van der Waals surface area contributed by atoms with Crippen LogP contribution in [0.4, 0.5) is 0 Å². The van der Waals surface area contributed by atoms with E-state index in [2.05, 4.69) is 27.3 Å². The Morgan fingerprint density at radius 3 is 2.41 bits per heavy atom. The molecule has 0 saturated heterocycles. The van der Waals surface area contributed by atoms with Crippen LogP contribution in [0.15, 0.2) is 54.7 Å². The number of amides is 1. The molecule has 1 aromatic heterocycles. The fraction of sp³-hybridized carbons (Fsp3) is 0.455. The van der Waals surface area contributed by atoms with Crippen molar-refractivity contribution in [3.63, 3.8) is 0 Å². The normalized spacial score (nSPS) is 17.4. The first kappa shape index (κ1) is 28.7. The topological polar surface area (TPSA) is 82.2 Å². The molecule has 1 saturated carbocycles. The molecule has 0 radical (unpaired) electrons. The number of nitrogens with zero attached hydrogens (tertiary/aromatic N) is 2. The molecular weight excluding hydrogens is 518 g/mol. The van der Waals surface area contributed by atoms with Crippen molar-refractivity contribution in [2.24, 2.45) is 0 Å². The van der Waals surface area contributed by atoms with Crippen molar-refractivity contribution in [2.75, 3.05) is 34.4 Å². The number of methoxy groups -OCH3 is 3. The Kier molecular flexibility index (Phi) is 9.62. The van der Waals surface area contributed by atoms with Crippen LogP contribution in [0.5, 0.6) is 23.0 Å². The summed E-state index contributed by atoms with van der Waals surface area (Å²) in [6.45, 7) is 1.39. The van der Waals surface area contributed by atoms with Crippen LogP contribution in [0.2, 0.25) is 0 Å². The SMILES string of the molecule is COc1ccc(CC2c3c(OC4CCCCC4)ccc(OC)c3CCN2CC(=O)NCc2ccccn2)cc1OC. The van der Waals surface area contributed by atoms with E-state index in [1.807, 2.05) is 36.4 Å². The van der Waals surface area contributed by atoms with E-state index in [9.17, 15) is 4.79 Å². The van der Waals surface area contributed by atoms with Crippen LogP contribution in [-0.4, -0.2) is 56.3 Å². The lowest BCUT2D eigenvalue weighted by molar-refractivity contribution is -0.123. The molecule has 1 fully saturated rings. The fourth-order valence-corrected chi connectivity index (χ4v) is 6.08. The maximum Gasteiger partial charge on any atom is 0.234 e. The molecule has 8 nitrogen and oxygen atoms in total. The van der Waals surface area contributed by atoms with Crippen molar-refractivity contribution < 1.29 is 23.7 Å². The number of carbonyl (C=O) groups excluding carboxylic acids is 1. The molecule has 8 heteroatoms. The first-order valence-electron chi connectivity index (χ1n) is 14.6. The molecule has 0 bridgehead atoms. The second kappa shape index (κ2) is 13.7. The van der Waals surface area contributed by atoms with E-state index in [0.29, 0.717) is 24.5 Å². The molecule has 2 heterocycles. The van der Waals surface area contributed by atoms with Crippen molar-refractivity contribution in [2.45, 2.75) is 63.6 Å². The summed E-state index contributed by atoms with van der Waals surface area (Å²) in [5.74, 6) is 3.11. The van der Waals surface area contributed by atoms with Crippen LogP contribution in [-0.2, 0) is 24.2 Å². The molecule has 1 aliphatic heterocycles. The standard InChI is InChI=1S/C33H41N3O5/c1-38-28-14-15-30(41-25-10-5-4-6-11-25)33-26(28)16-18-36(22-32(37)35-21-24-9-7-8-17-34-24)27(33)19-23-12-13-29(39-2)31(20-23)40-3/h7-9,12-15,17,20,25,27H,4-6,10-11,16,18-19,21-22H2,1-3H3,(H,35,37). The summed E-state index contributed by atoms with van der Waals surface area (Å²) in [4.78, 5) is 19.8. The highest BCUT2D eigenvalue weighted by Gasteiger charge is 2.34. The largest absolute Gasteiger partial charge is 0.496 e. The summed E-state index contributed by atoms with van der Waals surface area (Å²) >= 11 is 0. The van der Waals surface area contributed by atoms with Crippen LogP contribution in [0, 0.1) is 0 Å². The minimum atomic E-state index is -0.0915. The highest BCUT2D eigenvalue weighted by atomic mass is 16.5. The lowest BCUT2D eigenvalue weighted by Crippen LogP contribution is -2.43. The maximum absolute atomic E-state index is 13.2. The van der Waals surface area contributed by atoms with Gasteiger partial charge in [0.05, 0.1) is 46.2 Å². The predicted molar refractivity (Wildman–Crippen MR) is 158 cm³/mol. The third kappa shape index (κ3) is 6.93. The van der Waals surface area contributed by atoms with E-state index < -0.39 is 0 Å². The van der Waals surface area contributed by atoms with Crippen molar-refractivity contribution in [3.8, 4) is 23.0 Å². The molecule has 41 heavy (non-hydrogen) atoms. The number of hydrogen-bond donors (Lipinski definition) is 1. The van der Waals surface area contributed by atoms with Crippen LogP contribution in [0.1, 0.15) is 60.5 Å². The molecule has 2 aromatic carbocycles. The van der Waals surface area contributed by atoms with Gasteiger partial charge in [-0.1, -0.05) is 18.6 Å². The van der Waals surface area contributed by atoms with Gasteiger partial charge in [0.15, 0.2) is 11.5 Å². The fourth-order valence-electron chi connectivity index (χ4n) is 6.08. The van der Waals surface area contributed by atoms with Crippen molar-refractivity contribution >= 4 is 5.91 Å². The summed E-state index contributed by atoms with van der Waals surface area (Å²) in [5.41, 5.74) is 4.20. The molecule has 5 rings (SSSR count). The third-order valence-electron chi connectivity index (χ3n) is 8.18. The van der Waals surface area contributed by atoms with Crippen LogP contribution in [0.3, 0.4) is 0 Å². The van der Waals surface area contributed by atoms with Gasteiger partial charge in [0.25, 0.3) is 0 Å². The summed E-state index contributed by atoms with van der Waals surface area (Å²) in [5, 5.41) is 3.06. The molecule has 0 spiro atoms. The molecule has 1 aliphatic carbocycles. The third-order valence-corrected chi connectivity index (χ3v) is 8.18. The van der Waals surface area contributed by atoms with Crippen LogP contribution in [0.25, 0.3) is 0 Å². The molecule has 1 amide bonds. The zero-order valence-electron chi connectivity index (χ0n) is 24.4. The van der Waals surface area contributed by atoms with Gasteiger partial charge in [0.1, 0.15) is 11.5 Å². The van der Waals surface area contributed by atoms with E-state index in [1.165, 1.54) is 19.3 Å². The quantitative estimate of drug-likeness (QED) is 0.342. The maximum atomic E-state index is 13.2. The Labute approximate surface area is 243 Å². The number of nitrogens with one attached hydrogen (secondary N) is 1. The molecule has 1 unspecified atom stereocenters. The van der Waals surface area contributed by atoms with Crippen LogP contribution >= 0.6 is 0 Å². The van der Waals surface area contributed by atoms with Crippen molar-refractivity contribution in [1.82, 2.24) is 15.2 Å². The van der Waals surface area contributed by atoms with Gasteiger partial charge >= 0.3 is 0 Å². The van der Waals surface area contributed by atoms with Crippen molar-refractivity contribution in [3.05, 3.63) is 77.1 Å². The highest BCUT2D eigenvalue weighted by Crippen LogP contribution is 2.44. The highest BCUT2D eigenvalue weighted by molar-refractivity contribution is 5.78. The van der Waals surface area contributed by atoms with E-state index in [-0.39, 0.29) is 24.6 Å². The van der Waals surface area contributed by atoms with Crippen molar-refractivity contribution in [1.29, 1.82) is 0 Å². The Hall–Kier alpha value is -3.78. The van der Waals surface area contributed by atoms with Gasteiger partial charge in [-0.05, 0) is 80.5 Å². The number of hydrogen-bond acceptors (Lipinski definition) is 7.